The van der Waals surface area contributed by atoms with Crippen LogP contribution in [0.2, 0.25) is 0 Å². The van der Waals surface area contributed by atoms with Gasteiger partial charge in [-0.3, -0.25) is 9.59 Å². The van der Waals surface area contributed by atoms with Gasteiger partial charge in [-0.1, -0.05) is 23.9 Å². The van der Waals surface area contributed by atoms with Crippen LogP contribution < -0.4 is 5.32 Å². The molecule has 2 aromatic heterocycles. The summed E-state index contributed by atoms with van der Waals surface area (Å²) < 4.78 is 15.5. The maximum atomic E-state index is 11.7. The molecule has 0 fully saturated rings. The zero-order chi connectivity index (χ0) is 16.8. The number of carbonyl (C=O) groups excluding carboxylic acids is 2. The summed E-state index contributed by atoms with van der Waals surface area (Å²) in [5.41, 5.74) is 1.39. The molecule has 0 spiro atoms. The summed E-state index contributed by atoms with van der Waals surface area (Å²) in [4.78, 5) is 27.5. The van der Waals surface area contributed by atoms with Gasteiger partial charge in [0.1, 0.15) is 17.0 Å². The Balaban J connectivity index is 1.38. The van der Waals surface area contributed by atoms with E-state index < -0.39 is 11.9 Å². The number of hydrogen-bond acceptors (Lipinski definition) is 7. The van der Waals surface area contributed by atoms with E-state index in [1.165, 1.54) is 6.26 Å². The number of rotatable bonds is 7. The highest BCUT2D eigenvalue weighted by Gasteiger charge is 2.11. The maximum Gasteiger partial charge on any atom is 0.316 e. The van der Waals surface area contributed by atoms with Crippen molar-refractivity contribution in [2.45, 2.75) is 11.8 Å². The first-order valence-corrected chi connectivity index (χ1v) is 8.12. The molecule has 8 heteroatoms. The number of nitrogens with zero attached hydrogens (tertiary/aromatic N) is 1. The summed E-state index contributed by atoms with van der Waals surface area (Å²) in [6, 6.07) is 10.8. The standard InChI is InChI=1S/C16H14N2O5S/c19-14(17-8-11-4-3-7-21-11)9-22-15(20)10-24-16-18-12-5-1-2-6-13(12)23-16/h1-7H,8-10H2,(H,17,19). The van der Waals surface area contributed by atoms with Gasteiger partial charge >= 0.3 is 5.97 Å². The van der Waals surface area contributed by atoms with Gasteiger partial charge in [-0.25, -0.2) is 4.98 Å². The molecule has 0 saturated carbocycles. The summed E-state index contributed by atoms with van der Waals surface area (Å²) in [7, 11) is 0. The lowest BCUT2D eigenvalue weighted by Crippen LogP contribution is -2.28. The number of thioether (sulfide) groups is 1. The van der Waals surface area contributed by atoms with Crippen molar-refractivity contribution in [3.63, 3.8) is 0 Å². The van der Waals surface area contributed by atoms with E-state index in [2.05, 4.69) is 10.3 Å². The van der Waals surface area contributed by atoms with E-state index >= 15 is 0 Å². The van der Waals surface area contributed by atoms with Crippen LogP contribution in [0.15, 0.2) is 56.7 Å². The Hall–Kier alpha value is -2.74. The van der Waals surface area contributed by atoms with Crippen LogP contribution >= 0.6 is 11.8 Å². The highest BCUT2D eigenvalue weighted by molar-refractivity contribution is 7.99. The normalized spacial score (nSPS) is 10.7. The lowest BCUT2D eigenvalue weighted by atomic mass is 10.3. The predicted octanol–water partition coefficient (Wildman–Crippen LogP) is 2.37. The van der Waals surface area contributed by atoms with Crippen LogP contribution in [0.4, 0.5) is 0 Å². The average molecular weight is 346 g/mol. The number of fused-ring (bicyclic) bond motifs is 1. The molecule has 3 aromatic rings. The first-order valence-electron chi connectivity index (χ1n) is 7.14. The molecule has 0 atom stereocenters. The number of amides is 1. The van der Waals surface area contributed by atoms with Gasteiger partial charge in [-0.2, -0.15) is 0 Å². The Bertz CT molecular complexity index is 795. The number of esters is 1. The van der Waals surface area contributed by atoms with E-state index in [0.29, 0.717) is 16.6 Å². The highest BCUT2D eigenvalue weighted by Crippen LogP contribution is 2.22. The van der Waals surface area contributed by atoms with Crippen molar-refractivity contribution in [2.75, 3.05) is 12.4 Å². The first-order chi connectivity index (χ1) is 11.7. The van der Waals surface area contributed by atoms with Crippen molar-refractivity contribution in [1.29, 1.82) is 0 Å². The zero-order valence-electron chi connectivity index (χ0n) is 12.6. The molecule has 2 heterocycles. The van der Waals surface area contributed by atoms with E-state index in [0.717, 1.165) is 17.3 Å². The molecule has 1 N–H and O–H groups in total. The predicted molar refractivity (Wildman–Crippen MR) is 86.2 cm³/mol. The summed E-state index contributed by atoms with van der Waals surface area (Å²) in [5.74, 6) is -0.277. The minimum absolute atomic E-state index is 0.0122. The molecular weight excluding hydrogens is 332 g/mol. The van der Waals surface area contributed by atoms with E-state index in [-0.39, 0.29) is 18.9 Å². The molecule has 3 rings (SSSR count). The number of ether oxygens (including phenoxy) is 1. The van der Waals surface area contributed by atoms with Crippen LogP contribution in [0.5, 0.6) is 0 Å². The summed E-state index contributed by atoms with van der Waals surface area (Å²) in [6.07, 6.45) is 1.52. The first kappa shape index (κ1) is 16.1. The average Bonchev–Trinajstić information content (AvgIpc) is 3.25. The van der Waals surface area contributed by atoms with Crippen molar-refractivity contribution in [3.05, 3.63) is 48.4 Å². The molecule has 24 heavy (non-hydrogen) atoms. The fourth-order valence-corrected chi connectivity index (χ4v) is 2.51. The van der Waals surface area contributed by atoms with Crippen molar-refractivity contribution < 1.29 is 23.2 Å². The maximum absolute atomic E-state index is 11.7. The largest absolute Gasteiger partial charge is 0.467 e. The van der Waals surface area contributed by atoms with Crippen LogP contribution in [0, 0.1) is 0 Å². The number of nitrogens with one attached hydrogen (secondary N) is 1. The molecule has 0 unspecified atom stereocenters. The van der Waals surface area contributed by atoms with E-state index in [1.54, 1.807) is 18.2 Å². The van der Waals surface area contributed by atoms with Gasteiger partial charge in [0.25, 0.3) is 11.1 Å². The van der Waals surface area contributed by atoms with Gasteiger partial charge in [0.05, 0.1) is 12.8 Å². The zero-order valence-corrected chi connectivity index (χ0v) is 13.4. The van der Waals surface area contributed by atoms with E-state index in [1.807, 2.05) is 18.2 Å². The number of aromatic nitrogens is 1. The smallest absolute Gasteiger partial charge is 0.316 e. The third-order valence-corrected chi connectivity index (χ3v) is 3.79. The van der Waals surface area contributed by atoms with Crippen LogP contribution in [-0.4, -0.2) is 29.2 Å². The Morgan fingerprint density at radius 2 is 2.08 bits per heavy atom. The second-order valence-corrected chi connectivity index (χ2v) is 5.68. The summed E-state index contributed by atoms with van der Waals surface area (Å²) in [5, 5.41) is 2.97. The number of para-hydroxylation sites is 2. The Labute approximate surface area is 141 Å². The number of oxazole rings is 1. The van der Waals surface area contributed by atoms with Gasteiger partial charge in [0.2, 0.25) is 0 Å². The minimum Gasteiger partial charge on any atom is -0.467 e. The summed E-state index contributed by atoms with van der Waals surface area (Å²) in [6.45, 7) is -0.0886. The van der Waals surface area contributed by atoms with Crippen LogP contribution in [0.1, 0.15) is 5.76 Å². The molecule has 1 aromatic carbocycles. The van der Waals surface area contributed by atoms with Crippen LogP contribution in [0.25, 0.3) is 11.1 Å². The highest BCUT2D eigenvalue weighted by atomic mass is 32.2. The van der Waals surface area contributed by atoms with Crippen molar-refractivity contribution >= 4 is 34.7 Å². The number of furan rings is 1. The molecule has 0 radical (unpaired) electrons. The van der Waals surface area contributed by atoms with Crippen LogP contribution in [-0.2, 0) is 20.9 Å². The Kier molecular flexibility index (Phi) is 5.17. The molecule has 0 aliphatic carbocycles. The van der Waals surface area contributed by atoms with Gasteiger partial charge in [0, 0.05) is 0 Å². The number of benzene rings is 1. The second kappa shape index (κ2) is 7.69. The summed E-state index contributed by atoms with van der Waals surface area (Å²) >= 11 is 1.12. The van der Waals surface area contributed by atoms with E-state index in [9.17, 15) is 9.59 Å². The van der Waals surface area contributed by atoms with Crippen molar-refractivity contribution in [3.8, 4) is 0 Å². The Morgan fingerprint density at radius 1 is 1.21 bits per heavy atom. The fraction of sp³-hybridized carbons (Fsp3) is 0.188. The molecule has 124 valence electrons. The topological polar surface area (TPSA) is 94.6 Å². The molecule has 1 amide bonds. The van der Waals surface area contributed by atoms with E-state index in [4.69, 9.17) is 13.6 Å². The quantitative estimate of drug-likeness (QED) is 0.518. The third-order valence-electron chi connectivity index (χ3n) is 2.99. The molecular formula is C16H14N2O5S. The van der Waals surface area contributed by atoms with Gasteiger partial charge in [-0.15, -0.1) is 0 Å². The molecule has 0 saturated heterocycles. The third kappa shape index (κ3) is 4.39. The number of hydrogen-bond donors (Lipinski definition) is 1. The van der Waals surface area contributed by atoms with Gasteiger partial charge < -0.3 is 18.9 Å². The number of carbonyl (C=O) groups is 2. The van der Waals surface area contributed by atoms with Crippen molar-refractivity contribution in [1.82, 2.24) is 10.3 Å². The minimum atomic E-state index is -0.518. The molecule has 0 aliphatic rings. The molecule has 0 aliphatic heterocycles. The SMILES string of the molecule is O=C(COC(=O)CSc1nc2ccccc2o1)NCc1ccco1. The fourth-order valence-electron chi connectivity index (χ4n) is 1.87. The van der Waals surface area contributed by atoms with Crippen LogP contribution in [0.3, 0.4) is 0 Å². The Morgan fingerprint density at radius 3 is 2.88 bits per heavy atom. The molecule has 7 nitrogen and oxygen atoms in total. The second-order valence-electron chi connectivity index (χ2n) is 4.75. The lowest BCUT2D eigenvalue weighted by molar-refractivity contribution is -0.146. The lowest BCUT2D eigenvalue weighted by Gasteiger charge is -2.04. The van der Waals surface area contributed by atoms with Gasteiger partial charge in [0.15, 0.2) is 12.2 Å². The monoisotopic (exact) mass is 346 g/mol. The molecule has 0 bridgehead atoms. The van der Waals surface area contributed by atoms with Gasteiger partial charge in [-0.05, 0) is 24.3 Å². The van der Waals surface area contributed by atoms with Crippen molar-refractivity contribution in [2.24, 2.45) is 0 Å².